The maximum absolute atomic E-state index is 3.84. The van der Waals surface area contributed by atoms with Crippen LogP contribution in [0.4, 0.5) is 0 Å². The molecule has 1 saturated heterocycles. The molecule has 20 heavy (non-hydrogen) atoms. The Bertz CT molecular complexity index is 395. The molecule has 0 spiro atoms. The summed E-state index contributed by atoms with van der Waals surface area (Å²) in [6.45, 7) is 12.7. The van der Waals surface area contributed by atoms with Crippen LogP contribution in [0.2, 0.25) is 0 Å². The van der Waals surface area contributed by atoms with E-state index in [1.165, 1.54) is 18.4 Å². The van der Waals surface area contributed by atoms with Gasteiger partial charge in [-0.25, -0.2) is 0 Å². The van der Waals surface area contributed by atoms with Crippen molar-refractivity contribution in [1.82, 2.24) is 10.2 Å². The van der Waals surface area contributed by atoms with Gasteiger partial charge in [0.1, 0.15) is 0 Å². The summed E-state index contributed by atoms with van der Waals surface area (Å²) in [5, 5.41) is 3.84. The summed E-state index contributed by atoms with van der Waals surface area (Å²) in [5.41, 5.74) is 1.74. The van der Waals surface area contributed by atoms with Crippen LogP contribution in [0.3, 0.4) is 0 Å². The largest absolute Gasteiger partial charge is 0.308 e. The third kappa shape index (κ3) is 3.42. The molecule has 1 aliphatic heterocycles. The molecule has 112 valence electrons. The zero-order chi connectivity index (χ0) is 14.6. The van der Waals surface area contributed by atoms with Crippen molar-refractivity contribution >= 4 is 0 Å². The smallest absolute Gasteiger partial charge is 0.0304 e. The molecule has 0 radical (unpaired) electrons. The van der Waals surface area contributed by atoms with Gasteiger partial charge in [0.05, 0.1) is 0 Å². The van der Waals surface area contributed by atoms with Crippen molar-refractivity contribution in [2.75, 3.05) is 13.1 Å². The van der Waals surface area contributed by atoms with E-state index in [0.717, 1.165) is 19.6 Å². The third-order valence-corrected chi connectivity index (χ3v) is 5.01. The third-order valence-electron chi connectivity index (χ3n) is 5.01. The monoisotopic (exact) mass is 274 g/mol. The average Bonchev–Trinajstić information content (AvgIpc) is 2.48. The molecule has 0 aliphatic carbocycles. The van der Waals surface area contributed by atoms with Crippen molar-refractivity contribution in [3.63, 3.8) is 0 Å². The summed E-state index contributed by atoms with van der Waals surface area (Å²) in [5.74, 6) is 0.693. The Morgan fingerprint density at radius 3 is 2.40 bits per heavy atom. The van der Waals surface area contributed by atoms with Gasteiger partial charge in [-0.1, -0.05) is 58.0 Å². The lowest BCUT2D eigenvalue weighted by Gasteiger charge is -2.49. The van der Waals surface area contributed by atoms with E-state index in [-0.39, 0.29) is 0 Å². The zero-order valence-electron chi connectivity index (χ0n) is 13.5. The van der Waals surface area contributed by atoms with E-state index in [9.17, 15) is 0 Å². The number of benzene rings is 1. The van der Waals surface area contributed by atoms with Crippen molar-refractivity contribution in [3.05, 3.63) is 35.9 Å². The number of nitrogens with one attached hydrogen (secondary N) is 1. The van der Waals surface area contributed by atoms with Gasteiger partial charge in [-0.15, -0.1) is 0 Å². The lowest BCUT2D eigenvalue weighted by molar-refractivity contribution is 0.0443. The fourth-order valence-corrected chi connectivity index (χ4v) is 3.38. The maximum Gasteiger partial charge on any atom is 0.0304 e. The molecule has 1 N–H and O–H groups in total. The Morgan fingerprint density at radius 1 is 1.20 bits per heavy atom. The minimum Gasteiger partial charge on any atom is -0.308 e. The van der Waals surface area contributed by atoms with Gasteiger partial charge in [0.25, 0.3) is 0 Å². The molecule has 0 aromatic heterocycles. The van der Waals surface area contributed by atoms with Gasteiger partial charge >= 0.3 is 0 Å². The minimum atomic E-state index is 0.306. The summed E-state index contributed by atoms with van der Waals surface area (Å²) in [4.78, 5) is 2.70. The van der Waals surface area contributed by atoms with Crippen LogP contribution in [0.25, 0.3) is 0 Å². The van der Waals surface area contributed by atoms with Crippen LogP contribution in [0.1, 0.15) is 46.1 Å². The second kappa shape index (κ2) is 6.73. The van der Waals surface area contributed by atoms with Gasteiger partial charge < -0.3 is 5.32 Å². The molecule has 0 saturated carbocycles. The van der Waals surface area contributed by atoms with Gasteiger partial charge in [0.2, 0.25) is 0 Å². The Morgan fingerprint density at radius 2 is 1.85 bits per heavy atom. The van der Waals surface area contributed by atoms with Crippen molar-refractivity contribution in [1.29, 1.82) is 0 Å². The molecule has 1 atom stereocenters. The van der Waals surface area contributed by atoms with Crippen LogP contribution in [-0.2, 0) is 6.54 Å². The number of rotatable bonds is 5. The molecular weight excluding hydrogens is 244 g/mol. The van der Waals surface area contributed by atoms with Gasteiger partial charge in [-0.05, 0) is 24.3 Å². The van der Waals surface area contributed by atoms with Gasteiger partial charge in [0, 0.05) is 31.2 Å². The quantitative estimate of drug-likeness (QED) is 0.881. The van der Waals surface area contributed by atoms with Crippen LogP contribution in [0, 0.1) is 5.92 Å². The molecule has 1 aromatic carbocycles. The molecule has 2 heteroatoms. The zero-order valence-corrected chi connectivity index (χ0v) is 13.5. The minimum absolute atomic E-state index is 0.306. The maximum atomic E-state index is 3.84. The van der Waals surface area contributed by atoms with Crippen molar-refractivity contribution in [2.45, 2.75) is 58.7 Å². The molecule has 1 fully saturated rings. The summed E-state index contributed by atoms with van der Waals surface area (Å²) >= 11 is 0. The van der Waals surface area contributed by atoms with Crippen molar-refractivity contribution in [3.8, 4) is 0 Å². The predicted octanol–water partition coefficient (Wildman–Crippen LogP) is 3.68. The summed E-state index contributed by atoms with van der Waals surface area (Å²) in [7, 11) is 0. The van der Waals surface area contributed by atoms with Gasteiger partial charge in [0.15, 0.2) is 0 Å². The van der Waals surface area contributed by atoms with Crippen LogP contribution >= 0.6 is 0 Å². The summed E-state index contributed by atoms with van der Waals surface area (Å²) < 4.78 is 0. The Balaban J connectivity index is 2.15. The topological polar surface area (TPSA) is 15.3 Å². The van der Waals surface area contributed by atoms with Crippen LogP contribution in [0.15, 0.2) is 30.3 Å². The molecule has 0 bridgehead atoms. The first kappa shape index (κ1) is 15.5. The lowest BCUT2D eigenvalue weighted by Crippen LogP contribution is -2.64. The first-order chi connectivity index (χ1) is 9.60. The molecule has 1 unspecified atom stereocenters. The van der Waals surface area contributed by atoms with E-state index in [4.69, 9.17) is 0 Å². The highest BCUT2D eigenvalue weighted by atomic mass is 15.3. The molecular formula is C18H30N2. The fourth-order valence-electron chi connectivity index (χ4n) is 3.38. The second-order valence-corrected chi connectivity index (χ2v) is 6.57. The molecule has 2 nitrogen and oxygen atoms in total. The summed E-state index contributed by atoms with van der Waals surface area (Å²) in [6.07, 6.45) is 2.42. The average molecular weight is 274 g/mol. The first-order valence-electron chi connectivity index (χ1n) is 8.13. The van der Waals surface area contributed by atoms with E-state index in [0.29, 0.717) is 17.5 Å². The van der Waals surface area contributed by atoms with E-state index in [1.807, 2.05) is 0 Å². The van der Waals surface area contributed by atoms with Gasteiger partial charge in [-0.3, -0.25) is 4.90 Å². The molecule has 0 amide bonds. The van der Waals surface area contributed by atoms with E-state index < -0.39 is 0 Å². The highest BCUT2D eigenvalue weighted by molar-refractivity contribution is 5.15. The highest BCUT2D eigenvalue weighted by Crippen LogP contribution is 2.26. The number of hydrogen-bond donors (Lipinski definition) is 1. The molecule has 1 aliphatic rings. The Kier molecular flexibility index (Phi) is 5.22. The van der Waals surface area contributed by atoms with E-state index >= 15 is 0 Å². The highest BCUT2D eigenvalue weighted by Gasteiger charge is 2.37. The number of nitrogens with zero attached hydrogens (tertiary/aromatic N) is 1. The first-order valence-corrected chi connectivity index (χ1v) is 8.13. The second-order valence-electron chi connectivity index (χ2n) is 6.57. The molecule has 1 heterocycles. The Hall–Kier alpha value is -0.860. The normalized spacial score (nSPS) is 23.1. The van der Waals surface area contributed by atoms with Gasteiger partial charge in [-0.2, -0.15) is 0 Å². The van der Waals surface area contributed by atoms with Crippen LogP contribution in [0.5, 0.6) is 0 Å². The van der Waals surface area contributed by atoms with Crippen molar-refractivity contribution in [2.24, 2.45) is 5.92 Å². The fraction of sp³-hybridized carbons (Fsp3) is 0.667. The van der Waals surface area contributed by atoms with Crippen LogP contribution in [-0.4, -0.2) is 29.6 Å². The van der Waals surface area contributed by atoms with Crippen molar-refractivity contribution < 1.29 is 0 Å². The molecule has 1 aromatic rings. The molecule has 2 rings (SSSR count). The predicted molar refractivity (Wildman–Crippen MR) is 86.8 cm³/mol. The van der Waals surface area contributed by atoms with E-state index in [1.54, 1.807) is 0 Å². The Labute approximate surface area is 124 Å². The standard InChI is InChI=1S/C18H30N2/c1-5-18(6-2)14-20(17(12-19-18)15(3)4)13-16-10-8-7-9-11-16/h7-11,15,17,19H,5-6,12-14H2,1-4H3. The summed E-state index contributed by atoms with van der Waals surface area (Å²) in [6, 6.07) is 11.5. The number of piperazine rings is 1. The SMILES string of the molecule is CCC1(CC)CN(Cc2ccccc2)C(C(C)C)CN1. The van der Waals surface area contributed by atoms with Crippen LogP contribution < -0.4 is 5.32 Å². The van der Waals surface area contributed by atoms with E-state index in [2.05, 4.69) is 68.2 Å². The number of hydrogen-bond acceptors (Lipinski definition) is 2. The lowest BCUT2D eigenvalue weighted by atomic mass is 9.86.